The molecule has 0 saturated heterocycles. The first-order valence-corrected chi connectivity index (χ1v) is 9.93. The largest absolute Gasteiger partial charge is 0.336 e. The highest BCUT2D eigenvalue weighted by Gasteiger charge is 2.17. The predicted molar refractivity (Wildman–Crippen MR) is 120 cm³/mol. The number of rotatable bonds is 3. The smallest absolute Gasteiger partial charge is 0.159 e. The SMILES string of the molecule is Cc1ccncc1-c1ccc2[nH]nc(-c3nc4c(-c5ccccn5)nccc4[nH]3)c2c1. The fourth-order valence-electron chi connectivity index (χ4n) is 3.87. The molecule has 0 atom stereocenters. The van der Waals surface area contributed by atoms with Crippen LogP contribution in [0, 0.1) is 6.92 Å². The summed E-state index contributed by atoms with van der Waals surface area (Å²) in [6, 6.07) is 15.9. The summed E-state index contributed by atoms with van der Waals surface area (Å²) in [6.07, 6.45) is 7.22. The Labute approximate surface area is 177 Å². The van der Waals surface area contributed by atoms with Crippen molar-refractivity contribution in [3.63, 3.8) is 0 Å². The van der Waals surface area contributed by atoms with Gasteiger partial charge in [0.05, 0.1) is 16.7 Å². The van der Waals surface area contributed by atoms with Gasteiger partial charge in [0.1, 0.15) is 16.9 Å². The predicted octanol–water partition coefficient (Wildman–Crippen LogP) is 4.93. The third-order valence-electron chi connectivity index (χ3n) is 5.45. The average molecular weight is 403 g/mol. The highest BCUT2D eigenvalue weighted by Crippen LogP contribution is 2.32. The van der Waals surface area contributed by atoms with E-state index in [4.69, 9.17) is 4.98 Å². The molecule has 0 amide bonds. The molecule has 0 spiro atoms. The van der Waals surface area contributed by atoms with Gasteiger partial charge in [0.25, 0.3) is 0 Å². The van der Waals surface area contributed by atoms with Crippen molar-refractivity contribution in [1.29, 1.82) is 0 Å². The topological polar surface area (TPSA) is 96.0 Å². The fourth-order valence-corrected chi connectivity index (χ4v) is 3.87. The summed E-state index contributed by atoms with van der Waals surface area (Å²) in [5, 5.41) is 8.66. The monoisotopic (exact) mass is 403 g/mol. The molecule has 148 valence electrons. The number of nitrogens with zero attached hydrogens (tertiary/aromatic N) is 5. The van der Waals surface area contributed by atoms with Gasteiger partial charge in [-0.2, -0.15) is 5.10 Å². The number of benzene rings is 1. The van der Waals surface area contributed by atoms with E-state index < -0.39 is 0 Å². The molecule has 0 radical (unpaired) electrons. The Balaban J connectivity index is 1.52. The highest BCUT2D eigenvalue weighted by molar-refractivity contribution is 5.97. The molecule has 7 heteroatoms. The van der Waals surface area contributed by atoms with Crippen LogP contribution in [0.5, 0.6) is 0 Å². The molecule has 6 aromatic rings. The van der Waals surface area contributed by atoms with E-state index in [2.05, 4.69) is 49.2 Å². The van der Waals surface area contributed by atoms with Crippen LogP contribution in [-0.2, 0) is 0 Å². The Morgan fingerprint density at radius 2 is 1.81 bits per heavy atom. The van der Waals surface area contributed by atoms with Gasteiger partial charge in [-0.3, -0.25) is 20.1 Å². The molecule has 0 saturated carbocycles. The Morgan fingerprint density at radius 1 is 0.839 bits per heavy atom. The minimum Gasteiger partial charge on any atom is -0.336 e. The molecule has 0 fully saturated rings. The molecule has 5 aromatic heterocycles. The van der Waals surface area contributed by atoms with Crippen LogP contribution in [-0.4, -0.2) is 35.1 Å². The number of hydrogen-bond acceptors (Lipinski definition) is 5. The highest BCUT2D eigenvalue weighted by atomic mass is 15.1. The molecular weight excluding hydrogens is 386 g/mol. The van der Waals surface area contributed by atoms with Crippen LogP contribution in [0.3, 0.4) is 0 Å². The lowest BCUT2D eigenvalue weighted by Crippen LogP contribution is -1.88. The number of nitrogens with one attached hydrogen (secondary N) is 2. The van der Waals surface area contributed by atoms with E-state index in [1.165, 1.54) is 5.56 Å². The van der Waals surface area contributed by atoms with Crippen molar-refractivity contribution in [3.8, 4) is 34.0 Å². The van der Waals surface area contributed by atoms with E-state index >= 15 is 0 Å². The number of imidazole rings is 1. The second kappa shape index (κ2) is 6.84. The Morgan fingerprint density at radius 3 is 2.68 bits per heavy atom. The standard InChI is InChI=1S/C24H17N7/c1-14-7-10-25-13-17(14)15-5-6-18-16(12-15)21(31-30-18)24-28-20-8-11-27-22(23(20)29-24)19-4-2-3-9-26-19/h2-13H,1H3,(H,28,29)(H,30,31). The lowest BCUT2D eigenvalue weighted by molar-refractivity contribution is 1.11. The molecule has 31 heavy (non-hydrogen) atoms. The number of aryl methyl sites for hydroxylation is 1. The van der Waals surface area contributed by atoms with Crippen molar-refractivity contribution < 1.29 is 0 Å². The quantitative estimate of drug-likeness (QED) is 0.437. The molecule has 5 heterocycles. The van der Waals surface area contributed by atoms with Gasteiger partial charge in [-0.05, 0) is 54.4 Å². The molecular formula is C24H17N7. The molecule has 0 bridgehead atoms. The van der Waals surface area contributed by atoms with Crippen molar-refractivity contribution in [2.45, 2.75) is 6.92 Å². The third kappa shape index (κ3) is 2.86. The summed E-state index contributed by atoms with van der Waals surface area (Å²) in [7, 11) is 0. The number of fused-ring (bicyclic) bond motifs is 2. The summed E-state index contributed by atoms with van der Waals surface area (Å²) < 4.78 is 0. The molecule has 6 rings (SSSR count). The zero-order chi connectivity index (χ0) is 20.8. The lowest BCUT2D eigenvalue weighted by Gasteiger charge is -2.05. The van der Waals surface area contributed by atoms with E-state index in [0.29, 0.717) is 5.82 Å². The van der Waals surface area contributed by atoms with Crippen LogP contribution in [0.15, 0.2) is 73.3 Å². The minimum atomic E-state index is 0.687. The van der Waals surface area contributed by atoms with Crippen LogP contribution in [0.2, 0.25) is 0 Å². The van der Waals surface area contributed by atoms with Crippen molar-refractivity contribution in [3.05, 3.63) is 78.9 Å². The number of H-pyrrole nitrogens is 2. The third-order valence-corrected chi connectivity index (χ3v) is 5.45. The van der Waals surface area contributed by atoms with Gasteiger partial charge in [0.15, 0.2) is 5.82 Å². The van der Waals surface area contributed by atoms with E-state index in [1.807, 2.05) is 48.8 Å². The Bertz CT molecular complexity index is 1550. The molecule has 0 unspecified atom stereocenters. The number of aromatic amines is 2. The second-order valence-corrected chi connectivity index (χ2v) is 7.38. The number of aromatic nitrogens is 7. The number of hydrogen-bond donors (Lipinski definition) is 2. The van der Waals surface area contributed by atoms with Gasteiger partial charge in [-0.15, -0.1) is 0 Å². The summed E-state index contributed by atoms with van der Waals surface area (Å²) >= 11 is 0. The zero-order valence-electron chi connectivity index (χ0n) is 16.7. The summed E-state index contributed by atoms with van der Waals surface area (Å²) in [4.78, 5) is 21.5. The summed E-state index contributed by atoms with van der Waals surface area (Å²) in [5.41, 5.74) is 8.27. The van der Waals surface area contributed by atoms with Gasteiger partial charge < -0.3 is 4.98 Å². The molecule has 7 nitrogen and oxygen atoms in total. The first kappa shape index (κ1) is 17.5. The van der Waals surface area contributed by atoms with Crippen molar-refractivity contribution >= 4 is 21.9 Å². The lowest BCUT2D eigenvalue weighted by atomic mass is 10.0. The molecule has 1 aromatic carbocycles. The molecule has 2 N–H and O–H groups in total. The van der Waals surface area contributed by atoms with Crippen molar-refractivity contribution in [1.82, 2.24) is 35.1 Å². The van der Waals surface area contributed by atoms with Crippen molar-refractivity contribution in [2.75, 3.05) is 0 Å². The van der Waals surface area contributed by atoms with Gasteiger partial charge in [-0.1, -0.05) is 12.1 Å². The van der Waals surface area contributed by atoms with E-state index in [-0.39, 0.29) is 0 Å². The Kier molecular flexibility index (Phi) is 3.86. The zero-order valence-corrected chi connectivity index (χ0v) is 16.7. The van der Waals surface area contributed by atoms with E-state index in [0.717, 1.165) is 50.1 Å². The molecule has 0 aliphatic rings. The maximum absolute atomic E-state index is 4.85. The van der Waals surface area contributed by atoms with Gasteiger partial charge in [-0.25, -0.2) is 4.98 Å². The van der Waals surface area contributed by atoms with E-state index in [9.17, 15) is 0 Å². The van der Waals surface area contributed by atoms with Crippen molar-refractivity contribution in [2.24, 2.45) is 0 Å². The van der Waals surface area contributed by atoms with E-state index in [1.54, 1.807) is 12.4 Å². The summed E-state index contributed by atoms with van der Waals surface area (Å²) in [5.74, 6) is 0.687. The maximum Gasteiger partial charge on any atom is 0.159 e. The second-order valence-electron chi connectivity index (χ2n) is 7.38. The minimum absolute atomic E-state index is 0.687. The van der Waals surface area contributed by atoms with Crippen LogP contribution in [0.1, 0.15) is 5.56 Å². The summed E-state index contributed by atoms with van der Waals surface area (Å²) in [6.45, 7) is 2.09. The molecule has 0 aliphatic heterocycles. The van der Waals surface area contributed by atoms with Crippen LogP contribution in [0.25, 0.3) is 56.0 Å². The van der Waals surface area contributed by atoms with Gasteiger partial charge >= 0.3 is 0 Å². The van der Waals surface area contributed by atoms with Crippen LogP contribution in [0.4, 0.5) is 0 Å². The first-order valence-electron chi connectivity index (χ1n) is 9.93. The average Bonchev–Trinajstić information content (AvgIpc) is 3.43. The number of pyridine rings is 3. The van der Waals surface area contributed by atoms with Gasteiger partial charge in [0, 0.05) is 35.7 Å². The first-order chi connectivity index (χ1) is 15.3. The Hall–Kier alpha value is -4.39. The van der Waals surface area contributed by atoms with Crippen LogP contribution >= 0.6 is 0 Å². The maximum atomic E-state index is 4.85. The van der Waals surface area contributed by atoms with Gasteiger partial charge in [0.2, 0.25) is 0 Å². The molecule has 0 aliphatic carbocycles. The normalized spacial score (nSPS) is 11.4. The van der Waals surface area contributed by atoms with Crippen LogP contribution < -0.4 is 0 Å². The fraction of sp³-hybridized carbons (Fsp3) is 0.0417.